The molecule has 0 aliphatic carbocycles. The maximum absolute atomic E-state index is 12.6. The van der Waals surface area contributed by atoms with Gasteiger partial charge < -0.3 is 5.32 Å². The second-order valence-corrected chi connectivity index (χ2v) is 9.13. The number of hydrogen-bond acceptors (Lipinski definition) is 3. The largest absolute Gasteiger partial charge is 0.351 e. The Morgan fingerprint density at radius 2 is 1.57 bits per heavy atom. The van der Waals surface area contributed by atoms with E-state index in [0.717, 1.165) is 16.7 Å². The second-order valence-electron chi connectivity index (χ2n) is 7.45. The lowest BCUT2D eigenvalue weighted by Crippen LogP contribution is -2.27. The van der Waals surface area contributed by atoms with Gasteiger partial charge in [-0.3, -0.25) is 9.52 Å². The standard InChI is InChI=1S/C24H26N2O3S/c1-17-9-14-23(15-18(17)2)30(28,29)26-22-12-10-21(11-13-22)24(27)25-16-19(3)20-7-5-4-6-8-20/h4-15,19,26H,16H2,1-3H3,(H,25,27). The average molecular weight is 423 g/mol. The van der Waals surface area contributed by atoms with Gasteiger partial charge in [0.05, 0.1) is 4.90 Å². The molecule has 5 nitrogen and oxygen atoms in total. The van der Waals surface area contributed by atoms with Crippen LogP contribution in [0, 0.1) is 13.8 Å². The molecule has 30 heavy (non-hydrogen) atoms. The number of carbonyl (C=O) groups is 1. The molecular weight excluding hydrogens is 396 g/mol. The monoisotopic (exact) mass is 422 g/mol. The molecule has 0 bridgehead atoms. The lowest BCUT2D eigenvalue weighted by Gasteiger charge is -2.13. The number of hydrogen-bond donors (Lipinski definition) is 2. The Balaban J connectivity index is 1.62. The van der Waals surface area contributed by atoms with Gasteiger partial charge >= 0.3 is 0 Å². The minimum absolute atomic E-state index is 0.193. The van der Waals surface area contributed by atoms with Gasteiger partial charge in [0.1, 0.15) is 0 Å². The zero-order valence-electron chi connectivity index (χ0n) is 17.3. The van der Waals surface area contributed by atoms with Gasteiger partial charge in [0.15, 0.2) is 0 Å². The van der Waals surface area contributed by atoms with Crippen LogP contribution < -0.4 is 10.0 Å². The average Bonchev–Trinajstić information content (AvgIpc) is 2.74. The van der Waals surface area contributed by atoms with Crippen molar-refractivity contribution in [3.63, 3.8) is 0 Å². The number of aryl methyl sites for hydroxylation is 2. The van der Waals surface area contributed by atoms with Crippen molar-refractivity contribution < 1.29 is 13.2 Å². The molecule has 2 N–H and O–H groups in total. The molecule has 0 spiro atoms. The highest BCUT2D eigenvalue weighted by Gasteiger charge is 2.15. The van der Waals surface area contributed by atoms with E-state index >= 15 is 0 Å². The van der Waals surface area contributed by atoms with Gasteiger partial charge in [-0.1, -0.05) is 43.3 Å². The van der Waals surface area contributed by atoms with E-state index in [1.807, 2.05) is 44.2 Å². The van der Waals surface area contributed by atoms with Gasteiger partial charge in [0, 0.05) is 17.8 Å². The molecule has 0 aliphatic rings. The van der Waals surface area contributed by atoms with Gasteiger partial charge in [0.2, 0.25) is 0 Å². The molecule has 3 aromatic carbocycles. The summed E-state index contributed by atoms with van der Waals surface area (Å²) in [6.07, 6.45) is 0. The Hall–Kier alpha value is -3.12. The number of sulfonamides is 1. The normalized spacial score (nSPS) is 12.2. The molecule has 0 radical (unpaired) electrons. The maximum Gasteiger partial charge on any atom is 0.261 e. The molecule has 156 valence electrons. The fraction of sp³-hybridized carbons (Fsp3) is 0.208. The third kappa shape index (κ3) is 5.27. The molecule has 0 saturated heterocycles. The minimum atomic E-state index is -3.69. The summed E-state index contributed by atoms with van der Waals surface area (Å²) in [4.78, 5) is 12.6. The minimum Gasteiger partial charge on any atom is -0.351 e. The summed E-state index contributed by atoms with van der Waals surface area (Å²) in [6, 6.07) is 21.4. The number of anilines is 1. The van der Waals surface area contributed by atoms with Crippen LogP contribution in [-0.2, 0) is 10.0 Å². The second kappa shape index (κ2) is 9.13. The predicted molar refractivity (Wildman–Crippen MR) is 120 cm³/mol. The van der Waals surface area contributed by atoms with Crippen LogP contribution >= 0.6 is 0 Å². The van der Waals surface area contributed by atoms with Crippen molar-refractivity contribution in [2.45, 2.75) is 31.6 Å². The predicted octanol–water partition coefficient (Wildman–Crippen LogP) is 4.64. The summed E-state index contributed by atoms with van der Waals surface area (Å²) in [5, 5.41) is 2.92. The summed E-state index contributed by atoms with van der Waals surface area (Å²) < 4.78 is 27.8. The zero-order chi connectivity index (χ0) is 21.7. The smallest absolute Gasteiger partial charge is 0.261 e. The molecule has 1 unspecified atom stereocenters. The van der Waals surface area contributed by atoms with Crippen LogP contribution in [0.5, 0.6) is 0 Å². The lowest BCUT2D eigenvalue weighted by molar-refractivity contribution is 0.0951. The fourth-order valence-corrected chi connectivity index (χ4v) is 4.18. The Morgan fingerprint density at radius 3 is 2.20 bits per heavy atom. The maximum atomic E-state index is 12.6. The summed E-state index contributed by atoms with van der Waals surface area (Å²) in [6.45, 7) is 6.38. The van der Waals surface area contributed by atoms with Gasteiger partial charge in [-0.05, 0) is 72.9 Å². The number of nitrogens with one attached hydrogen (secondary N) is 2. The molecular formula is C24H26N2O3S. The summed E-state index contributed by atoms with van der Waals surface area (Å²) >= 11 is 0. The summed E-state index contributed by atoms with van der Waals surface area (Å²) in [7, 11) is -3.69. The first kappa shape index (κ1) is 21.6. The van der Waals surface area contributed by atoms with Crippen LogP contribution in [0.3, 0.4) is 0 Å². The Labute approximate surface area is 178 Å². The Morgan fingerprint density at radius 1 is 0.900 bits per heavy atom. The van der Waals surface area contributed by atoms with Crippen molar-refractivity contribution in [1.82, 2.24) is 5.32 Å². The molecule has 0 aliphatic heterocycles. The zero-order valence-corrected chi connectivity index (χ0v) is 18.2. The van der Waals surface area contributed by atoms with Gasteiger partial charge in [-0.25, -0.2) is 8.42 Å². The molecule has 0 saturated carbocycles. The molecule has 3 rings (SSSR count). The van der Waals surface area contributed by atoms with Crippen LogP contribution in [0.2, 0.25) is 0 Å². The van der Waals surface area contributed by atoms with Gasteiger partial charge in [0.25, 0.3) is 15.9 Å². The number of rotatable bonds is 7. The van der Waals surface area contributed by atoms with E-state index in [1.165, 1.54) is 0 Å². The van der Waals surface area contributed by atoms with Crippen LogP contribution in [0.25, 0.3) is 0 Å². The van der Waals surface area contributed by atoms with Crippen molar-refractivity contribution in [1.29, 1.82) is 0 Å². The molecule has 1 amide bonds. The Bertz CT molecular complexity index is 1120. The first-order chi connectivity index (χ1) is 14.3. The molecule has 6 heteroatoms. The summed E-state index contributed by atoms with van der Waals surface area (Å²) in [5.74, 6) is 0.000506. The van der Waals surface area contributed by atoms with E-state index in [0.29, 0.717) is 17.8 Å². The van der Waals surface area contributed by atoms with Crippen molar-refractivity contribution >= 4 is 21.6 Å². The first-order valence-electron chi connectivity index (χ1n) is 9.79. The molecule has 3 aromatic rings. The van der Waals surface area contributed by atoms with Gasteiger partial charge in [-0.2, -0.15) is 0 Å². The number of benzene rings is 3. The van der Waals surface area contributed by atoms with Gasteiger partial charge in [-0.15, -0.1) is 0 Å². The van der Waals surface area contributed by atoms with Crippen molar-refractivity contribution in [3.05, 3.63) is 95.1 Å². The number of carbonyl (C=O) groups excluding carboxylic acids is 1. The van der Waals surface area contributed by atoms with E-state index in [4.69, 9.17) is 0 Å². The van der Waals surface area contributed by atoms with Crippen LogP contribution in [0.1, 0.15) is 39.9 Å². The molecule has 1 atom stereocenters. The lowest BCUT2D eigenvalue weighted by atomic mass is 10.0. The SMILES string of the molecule is Cc1ccc(S(=O)(=O)Nc2ccc(C(=O)NCC(C)c3ccccc3)cc2)cc1C. The van der Waals surface area contributed by atoms with Crippen LogP contribution in [-0.4, -0.2) is 20.9 Å². The third-order valence-electron chi connectivity index (χ3n) is 5.13. The Kier molecular flexibility index (Phi) is 6.57. The molecule has 0 aromatic heterocycles. The highest BCUT2D eigenvalue weighted by Crippen LogP contribution is 2.19. The third-order valence-corrected chi connectivity index (χ3v) is 6.50. The number of amides is 1. The van der Waals surface area contributed by atoms with E-state index in [1.54, 1.807) is 42.5 Å². The van der Waals surface area contributed by atoms with Crippen LogP contribution in [0.4, 0.5) is 5.69 Å². The van der Waals surface area contributed by atoms with E-state index < -0.39 is 10.0 Å². The molecule has 0 fully saturated rings. The first-order valence-corrected chi connectivity index (χ1v) is 11.3. The highest BCUT2D eigenvalue weighted by molar-refractivity contribution is 7.92. The summed E-state index contributed by atoms with van der Waals surface area (Å²) in [5.41, 5.74) is 3.99. The van der Waals surface area contributed by atoms with E-state index in [9.17, 15) is 13.2 Å². The van der Waals surface area contributed by atoms with Crippen molar-refractivity contribution in [2.24, 2.45) is 0 Å². The fourth-order valence-electron chi connectivity index (χ4n) is 3.03. The highest BCUT2D eigenvalue weighted by atomic mass is 32.2. The quantitative estimate of drug-likeness (QED) is 0.583. The van der Waals surface area contributed by atoms with Crippen molar-refractivity contribution in [2.75, 3.05) is 11.3 Å². The topological polar surface area (TPSA) is 75.3 Å². The molecule has 0 heterocycles. The van der Waals surface area contributed by atoms with Crippen LogP contribution in [0.15, 0.2) is 77.7 Å². The van der Waals surface area contributed by atoms with Crippen molar-refractivity contribution in [3.8, 4) is 0 Å². The van der Waals surface area contributed by atoms with E-state index in [2.05, 4.69) is 17.0 Å². The van der Waals surface area contributed by atoms with E-state index in [-0.39, 0.29) is 16.7 Å².